The molecular weight excluding hydrogens is 708 g/mol. The Kier molecular flexibility index (Phi) is 9.41. The quantitative estimate of drug-likeness (QED) is 0.299. The van der Waals surface area contributed by atoms with Crippen molar-refractivity contribution in [2.24, 2.45) is 17.8 Å². The molecule has 3 aromatic rings. The van der Waals surface area contributed by atoms with E-state index in [1.54, 1.807) is 21.9 Å². The van der Waals surface area contributed by atoms with Gasteiger partial charge in [0.25, 0.3) is 11.8 Å². The Hall–Kier alpha value is -4.89. The highest BCUT2D eigenvalue weighted by atomic mass is 19.4. The molecule has 2 N–H and O–H groups in total. The van der Waals surface area contributed by atoms with Gasteiger partial charge < -0.3 is 25.1 Å². The smallest absolute Gasteiger partial charge is 0.434 e. The average molecular weight is 751 g/mol. The molecule has 4 fully saturated rings. The third-order valence-electron chi connectivity index (χ3n) is 12.2. The number of carbonyl (C=O) groups is 3. The molecule has 54 heavy (non-hydrogen) atoms. The molecule has 2 aromatic heterocycles. The Morgan fingerprint density at radius 2 is 1.52 bits per heavy atom. The largest absolute Gasteiger partial charge is 0.481 e. The van der Waals surface area contributed by atoms with Gasteiger partial charge in [-0.15, -0.1) is 0 Å². The monoisotopic (exact) mass is 750 g/mol. The van der Waals surface area contributed by atoms with Crippen LogP contribution in [-0.4, -0.2) is 86.5 Å². The van der Waals surface area contributed by atoms with Gasteiger partial charge in [-0.2, -0.15) is 13.2 Å². The zero-order valence-corrected chi connectivity index (χ0v) is 29.7. The maximum Gasteiger partial charge on any atom is 0.434 e. The van der Waals surface area contributed by atoms with Crippen LogP contribution < -0.4 is 15.1 Å². The predicted octanol–water partition coefficient (Wildman–Crippen LogP) is 5.75. The van der Waals surface area contributed by atoms with Crippen molar-refractivity contribution >= 4 is 35.4 Å². The van der Waals surface area contributed by atoms with Gasteiger partial charge in [-0.1, -0.05) is 19.3 Å². The van der Waals surface area contributed by atoms with Gasteiger partial charge in [0.1, 0.15) is 0 Å². The lowest BCUT2D eigenvalue weighted by Gasteiger charge is -2.41. The van der Waals surface area contributed by atoms with Crippen LogP contribution in [0, 0.1) is 23.6 Å². The number of alkyl halides is 3. The lowest BCUT2D eigenvalue weighted by molar-refractivity contribution is -0.144. The highest BCUT2D eigenvalue weighted by molar-refractivity contribution is 5.96. The topological polar surface area (TPSA) is 145 Å². The molecule has 3 saturated carbocycles. The van der Waals surface area contributed by atoms with E-state index in [0.29, 0.717) is 75.6 Å². The number of aliphatic carboxylic acids is 1. The molecule has 0 radical (unpaired) electrons. The fourth-order valence-electron chi connectivity index (χ4n) is 9.72. The summed E-state index contributed by atoms with van der Waals surface area (Å²) in [5.74, 6) is -2.40. The van der Waals surface area contributed by atoms with Gasteiger partial charge in [0.2, 0.25) is 11.9 Å². The van der Waals surface area contributed by atoms with Gasteiger partial charge in [0, 0.05) is 61.6 Å². The Balaban J connectivity index is 1.02. The summed E-state index contributed by atoms with van der Waals surface area (Å²) in [7, 11) is 0. The number of rotatable bonds is 6. The summed E-state index contributed by atoms with van der Waals surface area (Å²) in [5.41, 5.74) is -0.344. The number of nitrogens with one attached hydrogen (secondary N) is 1. The number of nitrogens with zero attached hydrogens (tertiary/aromatic N) is 7. The van der Waals surface area contributed by atoms with Crippen LogP contribution in [0.1, 0.15) is 96.2 Å². The number of fused-ring (bicyclic) bond motifs is 4. The third-order valence-corrected chi connectivity index (χ3v) is 12.2. The first-order valence-electron chi connectivity index (χ1n) is 18.8. The second-order valence-corrected chi connectivity index (χ2v) is 15.7. The van der Waals surface area contributed by atoms with Crippen molar-refractivity contribution in [3.8, 4) is 0 Å². The van der Waals surface area contributed by atoms with Gasteiger partial charge in [0.05, 0.1) is 23.9 Å². The SMILES string of the molecule is O=C(NC1CC2CC(C1)CC(C(=O)O)C2)c1cnc(N2CC3(CCCCC3)c3cc(C(=O)N4CCN(c5ncc(F)cn5)CC4)ccc32)nc1C(F)(F)F. The summed E-state index contributed by atoms with van der Waals surface area (Å²) in [6.07, 6.45) is 5.67. The Bertz CT molecular complexity index is 1920. The summed E-state index contributed by atoms with van der Waals surface area (Å²) in [6, 6.07) is 4.97. The maximum atomic E-state index is 14.6. The number of carbonyl (C=O) groups excluding carboxylic acids is 2. The van der Waals surface area contributed by atoms with Gasteiger partial charge in [-0.25, -0.2) is 24.3 Å². The summed E-state index contributed by atoms with van der Waals surface area (Å²) in [6.45, 7) is 2.12. The van der Waals surface area contributed by atoms with E-state index in [9.17, 15) is 37.1 Å². The van der Waals surface area contributed by atoms with Gasteiger partial charge in [0.15, 0.2) is 11.5 Å². The van der Waals surface area contributed by atoms with E-state index in [-0.39, 0.29) is 29.7 Å². The van der Waals surface area contributed by atoms with Crippen molar-refractivity contribution in [3.05, 3.63) is 65.0 Å². The van der Waals surface area contributed by atoms with Crippen LogP contribution in [-0.2, 0) is 16.4 Å². The maximum absolute atomic E-state index is 14.6. The summed E-state index contributed by atoms with van der Waals surface area (Å²) in [5, 5.41) is 12.3. The van der Waals surface area contributed by atoms with Crippen LogP contribution in [0.15, 0.2) is 36.8 Å². The molecule has 3 aliphatic carbocycles. The van der Waals surface area contributed by atoms with Crippen molar-refractivity contribution in [2.45, 2.75) is 81.8 Å². The normalized spacial score (nSPS) is 25.0. The Morgan fingerprint density at radius 1 is 0.852 bits per heavy atom. The van der Waals surface area contributed by atoms with Crippen molar-refractivity contribution in [2.75, 3.05) is 42.5 Å². The highest BCUT2D eigenvalue weighted by Crippen LogP contribution is 2.51. The fraction of sp³-hybridized carbons (Fsp3) is 0.553. The van der Waals surface area contributed by atoms with E-state index >= 15 is 0 Å². The molecule has 2 bridgehead atoms. The average Bonchev–Trinajstić information content (AvgIpc) is 3.46. The number of carboxylic acid groups (broad SMARTS) is 1. The lowest BCUT2D eigenvalue weighted by atomic mass is 9.66. The van der Waals surface area contributed by atoms with Gasteiger partial charge in [-0.3, -0.25) is 14.4 Å². The van der Waals surface area contributed by atoms with E-state index in [2.05, 4.69) is 25.3 Å². The number of halogens is 4. The minimum absolute atomic E-state index is 0.0934. The van der Waals surface area contributed by atoms with Crippen LogP contribution in [0.25, 0.3) is 0 Å². The zero-order valence-electron chi connectivity index (χ0n) is 29.7. The number of hydrogen-bond acceptors (Lipinski definition) is 9. The number of benzene rings is 1. The summed E-state index contributed by atoms with van der Waals surface area (Å²) in [4.78, 5) is 60.6. The van der Waals surface area contributed by atoms with Crippen molar-refractivity contribution < 1.29 is 37.1 Å². The molecule has 2 atom stereocenters. The van der Waals surface area contributed by atoms with E-state index in [1.165, 1.54) is 0 Å². The molecule has 1 aromatic carbocycles. The number of anilines is 3. The minimum Gasteiger partial charge on any atom is -0.481 e. The molecule has 1 spiro atoms. The van der Waals surface area contributed by atoms with E-state index < -0.39 is 46.5 Å². The van der Waals surface area contributed by atoms with Gasteiger partial charge in [-0.05, 0) is 80.5 Å². The first-order chi connectivity index (χ1) is 25.9. The molecule has 2 amide bonds. The van der Waals surface area contributed by atoms with E-state index in [4.69, 9.17) is 0 Å². The van der Waals surface area contributed by atoms with Crippen LogP contribution in [0.2, 0.25) is 0 Å². The number of amides is 2. The summed E-state index contributed by atoms with van der Waals surface area (Å²) < 4.78 is 57.3. The molecule has 5 aliphatic rings. The molecular formula is C38H42F4N8O4. The van der Waals surface area contributed by atoms with Crippen LogP contribution >= 0.6 is 0 Å². The molecule has 12 nitrogen and oxygen atoms in total. The first-order valence-corrected chi connectivity index (χ1v) is 18.8. The number of aromatic nitrogens is 4. The fourth-order valence-corrected chi connectivity index (χ4v) is 9.72. The zero-order chi connectivity index (χ0) is 37.8. The second-order valence-electron chi connectivity index (χ2n) is 15.7. The molecule has 286 valence electrons. The third kappa shape index (κ3) is 6.94. The standard InChI is InChI=1S/C38H42F4N8O4/c39-26-18-43-35(44-19-26)49-10-8-48(9-11-49)33(52)24-4-5-30-29(17-24)37(6-2-1-3-7-37)21-50(30)36-45-20-28(31(47-36)38(40,41)42)32(51)46-27-15-22-12-23(16-27)14-25(13-22)34(53)54/h4-5,17-20,22-23,25,27H,1-3,6-16,21H2,(H,46,51)(H,53,54). The number of piperazine rings is 1. The van der Waals surface area contributed by atoms with Crippen LogP contribution in [0.4, 0.5) is 35.1 Å². The van der Waals surface area contributed by atoms with E-state index in [1.807, 2.05) is 11.0 Å². The lowest BCUT2D eigenvalue weighted by Crippen LogP contribution is -2.49. The predicted molar refractivity (Wildman–Crippen MR) is 188 cm³/mol. The summed E-state index contributed by atoms with van der Waals surface area (Å²) >= 11 is 0. The Morgan fingerprint density at radius 3 is 2.17 bits per heavy atom. The minimum atomic E-state index is -4.93. The molecule has 2 unspecified atom stereocenters. The van der Waals surface area contributed by atoms with Crippen LogP contribution in [0.5, 0.6) is 0 Å². The molecule has 1 saturated heterocycles. The van der Waals surface area contributed by atoms with E-state index in [0.717, 1.165) is 62.7 Å². The highest BCUT2D eigenvalue weighted by Gasteiger charge is 2.47. The molecule has 8 rings (SSSR count). The second kappa shape index (κ2) is 14.1. The molecule has 2 aliphatic heterocycles. The Labute approximate surface area is 309 Å². The number of carboxylic acids is 1. The molecule has 16 heteroatoms. The number of hydrogen-bond donors (Lipinski definition) is 2. The van der Waals surface area contributed by atoms with Crippen LogP contribution in [0.3, 0.4) is 0 Å². The first kappa shape index (κ1) is 36.1. The van der Waals surface area contributed by atoms with Crippen molar-refractivity contribution in [3.63, 3.8) is 0 Å². The molecule has 4 heterocycles. The van der Waals surface area contributed by atoms with Gasteiger partial charge >= 0.3 is 12.1 Å². The van der Waals surface area contributed by atoms with Crippen molar-refractivity contribution in [1.82, 2.24) is 30.2 Å². The van der Waals surface area contributed by atoms with Crippen molar-refractivity contribution in [1.29, 1.82) is 0 Å².